The fourth-order valence-electron chi connectivity index (χ4n) is 1.12. The van der Waals surface area contributed by atoms with Gasteiger partial charge >= 0.3 is 0 Å². The van der Waals surface area contributed by atoms with Crippen LogP contribution in [0.2, 0.25) is 0 Å². The van der Waals surface area contributed by atoms with Crippen molar-refractivity contribution in [3.8, 4) is 0 Å². The van der Waals surface area contributed by atoms with Crippen molar-refractivity contribution < 1.29 is 9.52 Å². The number of amides is 1. The Morgan fingerprint density at radius 1 is 1.50 bits per heavy atom. The molecule has 0 saturated heterocycles. The van der Waals surface area contributed by atoms with E-state index in [4.69, 9.17) is 0 Å². The minimum absolute atomic E-state index is 0.0360. The first-order valence-corrected chi connectivity index (χ1v) is 4.48. The van der Waals surface area contributed by atoms with Gasteiger partial charge in [-0.15, -0.1) is 0 Å². The van der Waals surface area contributed by atoms with Gasteiger partial charge in [-0.2, -0.15) is 4.73 Å². The van der Waals surface area contributed by atoms with E-state index in [1.807, 2.05) is 0 Å². The summed E-state index contributed by atoms with van der Waals surface area (Å²) in [6.45, 7) is 0. The van der Waals surface area contributed by atoms with Crippen LogP contribution in [0.25, 0.3) is 0 Å². The highest BCUT2D eigenvalue weighted by molar-refractivity contribution is 5.75. The Bertz CT molecular complexity index is 324. The van der Waals surface area contributed by atoms with Crippen LogP contribution >= 0.6 is 0 Å². The van der Waals surface area contributed by atoms with E-state index in [-0.39, 0.29) is 5.91 Å². The lowest BCUT2D eigenvalue weighted by Gasteiger charge is -2.09. The number of pyridine rings is 1. The van der Waals surface area contributed by atoms with Crippen molar-refractivity contribution in [1.82, 2.24) is 4.90 Å². The Balaban J connectivity index is 2.54. The van der Waals surface area contributed by atoms with Gasteiger partial charge in [0.15, 0.2) is 11.9 Å². The molecular formula is C10H14N2O2. The summed E-state index contributed by atoms with van der Waals surface area (Å²) in [4.78, 5) is 12.8. The second-order valence-electron chi connectivity index (χ2n) is 3.31. The Kier molecular flexibility index (Phi) is 3.45. The van der Waals surface area contributed by atoms with Crippen molar-refractivity contribution in [2.45, 2.75) is 12.8 Å². The molecule has 1 heterocycles. The molecule has 0 atom stereocenters. The molecule has 76 valence electrons. The number of carbonyl (C=O) groups excluding carboxylic acids is 1. The lowest BCUT2D eigenvalue weighted by Crippen LogP contribution is -2.32. The fourth-order valence-corrected chi connectivity index (χ4v) is 1.12. The molecule has 1 rings (SSSR count). The van der Waals surface area contributed by atoms with Crippen molar-refractivity contribution in [3.63, 3.8) is 0 Å². The van der Waals surface area contributed by atoms with Crippen molar-refractivity contribution in [1.29, 1.82) is 0 Å². The minimum atomic E-state index is 0.0360. The number of hydrogen-bond donors (Lipinski definition) is 0. The van der Waals surface area contributed by atoms with Crippen LogP contribution in [0.1, 0.15) is 12.1 Å². The predicted molar refractivity (Wildman–Crippen MR) is 52.4 cm³/mol. The molecule has 1 aromatic rings. The first-order chi connectivity index (χ1) is 6.61. The van der Waals surface area contributed by atoms with Crippen molar-refractivity contribution >= 4 is 5.91 Å². The lowest BCUT2D eigenvalue weighted by atomic mass is 10.2. The molecule has 0 fully saturated rings. The van der Waals surface area contributed by atoms with Gasteiger partial charge in [0.1, 0.15) is 0 Å². The molecule has 0 aliphatic carbocycles. The van der Waals surface area contributed by atoms with Crippen LogP contribution in [-0.4, -0.2) is 24.9 Å². The number of rotatable bonds is 3. The van der Waals surface area contributed by atoms with Gasteiger partial charge < -0.3 is 10.1 Å². The topological polar surface area (TPSA) is 47.2 Å². The number of aryl methyl sites for hydroxylation is 1. The van der Waals surface area contributed by atoms with Crippen LogP contribution in [-0.2, 0) is 11.2 Å². The summed E-state index contributed by atoms with van der Waals surface area (Å²) < 4.78 is 0.795. The summed E-state index contributed by atoms with van der Waals surface area (Å²) in [6, 6.07) is 5.20. The number of hydrogen-bond acceptors (Lipinski definition) is 2. The van der Waals surface area contributed by atoms with Crippen LogP contribution in [0.4, 0.5) is 0 Å². The second-order valence-corrected chi connectivity index (χ2v) is 3.31. The Morgan fingerprint density at radius 2 is 2.21 bits per heavy atom. The Hall–Kier alpha value is -1.58. The molecule has 1 amide bonds. The molecule has 0 spiro atoms. The molecule has 0 bridgehead atoms. The summed E-state index contributed by atoms with van der Waals surface area (Å²) in [6.07, 6.45) is 2.30. The molecule has 4 heteroatoms. The molecule has 0 unspecified atom stereocenters. The van der Waals surface area contributed by atoms with Gasteiger partial charge in [-0.25, -0.2) is 0 Å². The van der Waals surface area contributed by atoms with Crippen LogP contribution in [0.15, 0.2) is 24.4 Å². The number of nitrogens with zero attached hydrogens (tertiary/aromatic N) is 2. The molecule has 4 nitrogen and oxygen atoms in total. The largest absolute Gasteiger partial charge is 0.619 e. The maximum atomic E-state index is 11.2. The monoisotopic (exact) mass is 194 g/mol. The first-order valence-electron chi connectivity index (χ1n) is 4.48. The molecule has 0 aromatic carbocycles. The average Bonchev–Trinajstić information content (AvgIpc) is 2.16. The third-order valence-electron chi connectivity index (χ3n) is 2.00. The van der Waals surface area contributed by atoms with Gasteiger partial charge in [0.2, 0.25) is 5.91 Å². The van der Waals surface area contributed by atoms with Gasteiger partial charge in [0.05, 0.1) is 0 Å². The molecule has 0 saturated carbocycles. The molecule has 0 radical (unpaired) electrons. The highest BCUT2D eigenvalue weighted by Gasteiger charge is 2.08. The molecule has 0 aliphatic heterocycles. The molecule has 0 N–H and O–H groups in total. The van der Waals surface area contributed by atoms with Crippen molar-refractivity contribution in [2.24, 2.45) is 0 Å². The van der Waals surface area contributed by atoms with Crippen LogP contribution in [0, 0.1) is 5.21 Å². The van der Waals surface area contributed by atoms with Crippen LogP contribution in [0.3, 0.4) is 0 Å². The summed E-state index contributed by atoms with van der Waals surface area (Å²) in [7, 11) is 3.41. The highest BCUT2D eigenvalue weighted by atomic mass is 16.5. The zero-order valence-corrected chi connectivity index (χ0v) is 8.43. The van der Waals surface area contributed by atoms with Gasteiger partial charge in [-0.3, -0.25) is 4.79 Å². The predicted octanol–water partition coefficient (Wildman–Crippen LogP) is 0.341. The number of carbonyl (C=O) groups is 1. The van der Waals surface area contributed by atoms with E-state index < -0.39 is 0 Å². The third kappa shape index (κ3) is 2.73. The van der Waals surface area contributed by atoms with E-state index in [0.29, 0.717) is 18.5 Å². The maximum absolute atomic E-state index is 11.2. The average molecular weight is 194 g/mol. The quantitative estimate of drug-likeness (QED) is 0.514. The summed E-state index contributed by atoms with van der Waals surface area (Å²) in [5.41, 5.74) is 0.628. The minimum Gasteiger partial charge on any atom is -0.619 e. The standard InChI is InChI=1S/C10H14N2O2/c1-11(2)10(13)7-6-9-5-3-4-8-12(9)14/h3-5,8H,6-7H2,1-2H3. The van der Waals surface area contributed by atoms with Gasteiger partial charge in [0, 0.05) is 39.1 Å². The van der Waals surface area contributed by atoms with Crippen LogP contribution < -0.4 is 4.73 Å². The SMILES string of the molecule is CN(C)C(=O)CCc1cccc[n+]1[O-]. The molecule has 1 aromatic heterocycles. The second kappa shape index (κ2) is 4.60. The first kappa shape index (κ1) is 10.5. The normalized spacial score (nSPS) is 9.86. The number of aromatic nitrogens is 1. The highest BCUT2D eigenvalue weighted by Crippen LogP contribution is 1.98. The molecular weight excluding hydrogens is 180 g/mol. The summed E-state index contributed by atoms with van der Waals surface area (Å²) in [5, 5.41) is 11.2. The summed E-state index contributed by atoms with van der Waals surface area (Å²) >= 11 is 0. The van der Waals surface area contributed by atoms with Gasteiger partial charge in [-0.1, -0.05) is 6.07 Å². The van der Waals surface area contributed by atoms with Gasteiger partial charge in [-0.05, 0) is 0 Å². The zero-order valence-electron chi connectivity index (χ0n) is 8.43. The van der Waals surface area contributed by atoms with E-state index in [0.717, 1.165) is 4.73 Å². The molecule has 14 heavy (non-hydrogen) atoms. The van der Waals surface area contributed by atoms with Gasteiger partial charge in [0.25, 0.3) is 0 Å². The van der Waals surface area contributed by atoms with E-state index in [2.05, 4.69) is 0 Å². The van der Waals surface area contributed by atoms with E-state index in [1.165, 1.54) is 11.1 Å². The zero-order chi connectivity index (χ0) is 10.6. The third-order valence-corrected chi connectivity index (χ3v) is 2.00. The Morgan fingerprint density at radius 3 is 2.79 bits per heavy atom. The smallest absolute Gasteiger partial charge is 0.222 e. The van der Waals surface area contributed by atoms with Crippen LogP contribution in [0.5, 0.6) is 0 Å². The molecule has 0 aliphatic rings. The maximum Gasteiger partial charge on any atom is 0.222 e. The van der Waals surface area contributed by atoms with Crippen molar-refractivity contribution in [2.75, 3.05) is 14.1 Å². The van der Waals surface area contributed by atoms with E-state index >= 15 is 0 Å². The lowest BCUT2D eigenvalue weighted by molar-refractivity contribution is -0.614. The van der Waals surface area contributed by atoms with E-state index in [9.17, 15) is 10.0 Å². The van der Waals surface area contributed by atoms with E-state index in [1.54, 1.807) is 32.3 Å². The summed E-state index contributed by atoms with van der Waals surface area (Å²) in [5.74, 6) is 0.0360. The Labute approximate surface area is 83.4 Å². The fraction of sp³-hybridized carbons (Fsp3) is 0.400. The van der Waals surface area contributed by atoms with Crippen molar-refractivity contribution in [3.05, 3.63) is 35.3 Å².